The third-order valence-corrected chi connectivity index (χ3v) is 7.62. The molecule has 0 bridgehead atoms. The van der Waals surface area contributed by atoms with E-state index < -0.39 is 0 Å². The third kappa shape index (κ3) is 6.80. The predicted molar refractivity (Wildman–Crippen MR) is 159 cm³/mol. The highest BCUT2D eigenvalue weighted by Crippen LogP contribution is 2.34. The molecule has 0 spiro atoms. The summed E-state index contributed by atoms with van der Waals surface area (Å²) in [5.41, 5.74) is 11.6. The maximum atomic E-state index is 13.3. The zero-order valence-corrected chi connectivity index (χ0v) is 23.1. The molecule has 1 saturated carbocycles. The molecule has 210 valence electrons. The van der Waals surface area contributed by atoms with Crippen molar-refractivity contribution in [1.82, 2.24) is 4.90 Å². The van der Waals surface area contributed by atoms with E-state index in [-0.39, 0.29) is 23.5 Å². The molecular weight excluding hydrogens is 505 g/mol. The summed E-state index contributed by atoms with van der Waals surface area (Å²) in [7, 11) is 0. The minimum absolute atomic E-state index is 0.119. The lowest BCUT2D eigenvalue weighted by atomic mass is 10.0. The van der Waals surface area contributed by atoms with Crippen LogP contribution in [0, 0.1) is 11.7 Å². The third-order valence-electron chi connectivity index (χ3n) is 7.62. The topological polar surface area (TPSA) is 81.9 Å². The fourth-order valence-corrected chi connectivity index (χ4v) is 5.35. The average molecular weight is 544 g/mol. The van der Waals surface area contributed by atoms with Crippen LogP contribution in [0.5, 0.6) is 0 Å². The number of carbonyl (C=O) groups is 2. The number of benzene rings is 3. The Balaban J connectivity index is 1.33. The van der Waals surface area contributed by atoms with Crippen molar-refractivity contribution >= 4 is 28.9 Å². The van der Waals surface area contributed by atoms with E-state index in [1.807, 2.05) is 29.2 Å². The number of nitrogens with two attached hydrogens (primary N) is 1. The molecule has 2 fully saturated rings. The quantitative estimate of drug-likeness (QED) is 0.382. The van der Waals surface area contributed by atoms with Crippen molar-refractivity contribution in [1.29, 1.82) is 0 Å². The van der Waals surface area contributed by atoms with Crippen LogP contribution in [0.25, 0.3) is 11.1 Å². The van der Waals surface area contributed by atoms with Crippen LogP contribution < -0.4 is 20.9 Å². The smallest absolute Gasteiger partial charge is 0.225 e. The lowest BCUT2D eigenvalue weighted by Crippen LogP contribution is -2.46. The summed E-state index contributed by atoms with van der Waals surface area (Å²) in [6.45, 7) is 6.50. The highest BCUT2D eigenvalue weighted by Gasteiger charge is 2.33. The molecule has 2 amide bonds. The second kappa shape index (κ2) is 12.5. The van der Waals surface area contributed by atoms with Gasteiger partial charge in [0.15, 0.2) is 0 Å². The molecule has 7 nitrogen and oxygen atoms in total. The second-order valence-corrected chi connectivity index (χ2v) is 10.7. The Morgan fingerprint density at radius 2 is 1.65 bits per heavy atom. The Kier molecular flexibility index (Phi) is 8.65. The van der Waals surface area contributed by atoms with E-state index in [0.29, 0.717) is 19.6 Å². The summed E-state index contributed by atoms with van der Waals surface area (Å²) >= 11 is 0. The van der Waals surface area contributed by atoms with E-state index in [4.69, 9.17) is 5.73 Å². The van der Waals surface area contributed by atoms with E-state index in [1.54, 1.807) is 0 Å². The Bertz CT molecular complexity index is 1330. The highest BCUT2D eigenvalue weighted by atomic mass is 19.1. The standard InChI is InChI=1S/C32H38FN5O2/c1-23(39)35-30-21-27(8-13-31(30)37-18-16-36(17-19-37)29-11-9-28(33)10-12-29)26-5-2-4-24(20-26)22-38(15-3-14-34)32(40)25-6-7-25/h2,4-5,8-13,20-21,25H,3,6-7,14-19,22,34H2,1H3,(H,35,39). The molecule has 3 N–H and O–H groups in total. The van der Waals surface area contributed by atoms with Gasteiger partial charge >= 0.3 is 0 Å². The van der Waals surface area contributed by atoms with E-state index in [0.717, 1.165) is 79.2 Å². The predicted octanol–water partition coefficient (Wildman–Crippen LogP) is 4.87. The van der Waals surface area contributed by atoms with Gasteiger partial charge in [-0.15, -0.1) is 0 Å². The number of carbonyl (C=O) groups excluding carboxylic acids is 2. The molecular formula is C32H38FN5O2. The molecule has 1 saturated heterocycles. The van der Waals surface area contributed by atoms with Crippen LogP contribution >= 0.6 is 0 Å². The molecule has 1 aliphatic heterocycles. The second-order valence-electron chi connectivity index (χ2n) is 10.7. The Morgan fingerprint density at radius 1 is 0.950 bits per heavy atom. The largest absolute Gasteiger partial charge is 0.368 e. The van der Waals surface area contributed by atoms with Gasteiger partial charge in [-0.05, 0) is 85.0 Å². The first-order chi connectivity index (χ1) is 19.4. The Labute approximate surface area is 235 Å². The van der Waals surface area contributed by atoms with Crippen molar-refractivity contribution in [2.24, 2.45) is 11.7 Å². The number of nitrogens with one attached hydrogen (secondary N) is 1. The first kappa shape index (κ1) is 27.6. The lowest BCUT2D eigenvalue weighted by molar-refractivity contribution is -0.133. The number of halogens is 1. The molecule has 1 heterocycles. The van der Waals surface area contributed by atoms with Gasteiger partial charge in [-0.3, -0.25) is 9.59 Å². The van der Waals surface area contributed by atoms with E-state index in [2.05, 4.69) is 45.4 Å². The molecule has 3 aromatic carbocycles. The number of amides is 2. The molecule has 3 aromatic rings. The monoisotopic (exact) mass is 543 g/mol. The lowest BCUT2D eigenvalue weighted by Gasteiger charge is -2.38. The number of hydrogen-bond acceptors (Lipinski definition) is 5. The van der Waals surface area contributed by atoms with Crippen LogP contribution in [0.4, 0.5) is 21.5 Å². The minimum Gasteiger partial charge on any atom is -0.368 e. The van der Waals surface area contributed by atoms with E-state index in [1.165, 1.54) is 19.1 Å². The SMILES string of the molecule is CC(=O)Nc1cc(-c2cccc(CN(CCCN)C(=O)C3CC3)c2)ccc1N1CCN(c2ccc(F)cc2)CC1. The summed E-state index contributed by atoms with van der Waals surface area (Å²) < 4.78 is 13.3. The van der Waals surface area contributed by atoms with Gasteiger partial charge in [-0.2, -0.15) is 0 Å². The summed E-state index contributed by atoms with van der Waals surface area (Å²) in [5.74, 6) is 0.0526. The van der Waals surface area contributed by atoms with Crippen molar-refractivity contribution in [3.63, 3.8) is 0 Å². The number of rotatable bonds is 10. The van der Waals surface area contributed by atoms with E-state index >= 15 is 0 Å². The van der Waals surface area contributed by atoms with Gasteiger partial charge in [0.1, 0.15) is 5.82 Å². The molecule has 0 aromatic heterocycles. The molecule has 0 radical (unpaired) electrons. The fraction of sp³-hybridized carbons (Fsp3) is 0.375. The first-order valence-corrected chi connectivity index (χ1v) is 14.2. The Hall–Kier alpha value is -3.91. The van der Waals surface area contributed by atoms with Crippen molar-refractivity contribution in [2.75, 3.05) is 54.4 Å². The molecule has 40 heavy (non-hydrogen) atoms. The zero-order valence-electron chi connectivity index (χ0n) is 23.1. The number of piperazine rings is 1. The zero-order chi connectivity index (χ0) is 28.1. The number of anilines is 3. The van der Waals surface area contributed by atoms with Gasteiger partial charge < -0.3 is 25.8 Å². The van der Waals surface area contributed by atoms with Gasteiger partial charge in [0.2, 0.25) is 11.8 Å². The van der Waals surface area contributed by atoms with E-state index in [9.17, 15) is 14.0 Å². The fourth-order valence-electron chi connectivity index (χ4n) is 5.35. The summed E-state index contributed by atoms with van der Waals surface area (Å²) in [5, 5.41) is 3.03. The molecule has 0 atom stereocenters. The summed E-state index contributed by atoms with van der Waals surface area (Å²) in [4.78, 5) is 31.4. The van der Waals surface area contributed by atoms with Crippen LogP contribution in [0.2, 0.25) is 0 Å². The van der Waals surface area contributed by atoms with Crippen LogP contribution in [0.1, 0.15) is 31.7 Å². The van der Waals surface area contributed by atoms with Gasteiger partial charge in [0.25, 0.3) is 0 Å². The van der Waals surface area contributed by atoms with Gasteiger partial charge in [0, 0.05) is 57.8 Å². The summed E-state index contributed by atoms with van der Waals surface area (Å²) in [6, 6.07) is 21.1. The van der Waals surface area contributed by atoms with Crippen LogP contribution in [-0.2, 0) is 16.1 Å². The first-order valence-electron chi connectivity index (χ1n) is 14.2. The van der Waals surface area contributed by atoms with Gasteiger partial charge in [0.05, 0.1) is 11.4 Å². The van der Waals surface area contributed by atoms with Crippen molar-refractivity contribution < 1.29 is 14.0 Å². The minimum atomic E-state index is -0.233. The number of nitrogens with zero attached hydrogens (tertiary/aromatic N) is 3. The molecule has 1 aliphatic carbocycles. The maximum absolute atomic E-state index is 13.3. The number of hydrogen-bond donors (Lipinski definition) is 2. The molecule has 0 unspecified atom stereocenters. The highest BCUT2D eigenvalue weighted by molar-refractivity contribution is 5.94. The average Bonchev–Trinajstić information content (AvgIpc) is 3.81. The summed E-state index contributed by atoms with van der Waals surface area (Å²) in [6.07, 6.45) is 2.76. The Morgan fingerprint density at radius 3 is 2.33 bits per heavy atom. The molecule has 2 aliphatic rings. The maximum Gasteiger partial charge on any atom is 0.225 e. The van der Waals surface area contributed by atoms with Crippen LogP contribution in [-0.4, -0.2) is 56.0 Å². The normalized spacial score (nSPS) is 15.2. The van der Waals surface area contributed by atoms with Gasteiger partial charge in [-0.25, -0.2) is 4.39 Å². The van der Waals surface area contributed by atoms with Crippen LogP contribution in [0.15, 0.2) is 66.7 Å². The van der Waals surface area contributed by atoms with Crippen molar-refractivity contribution in [2.45, 2.75) is 32.7 Å². The molecule has 5 rings (SSSR count). The van der Waals surface area contributed by atoms with Crippen molar-refractivity contribution in [3.05, 3.63) is 78.1 Å². The van der Waals surface area contributed by atoms with Crippen molar-refractivity contribution in [3.8, 4) is 11.1 Å². The van der Waals surface area contributed by atoms with Gasteiger partial charge in [-0.1, -0.05) is 24.3 Å². The van der Waals surface area contributed by atoms with Crippen LogP contribution in [0.3, 0.4) is 0 Å². The molecule has 8 heteroatoms.